The molecule has 2 amide bonds. The number of halogens is 7. The Hall–Kier alpha value is -6.23. The van der Waals surface area contributed by atoms with Crippen molar-refractivity contribution in [2.24, 2.45) is 0 Å². The number of rotatable bonds is 11. The Bertz CT molecular complexity index is 2530. The van der Waals surface area contributed by atoms with Crippen molar-refractivity contribution in [3.63, 3.8) is 0 Å². The second-order valence-electron chi connectivity index (χ2n) is 15.9. The fourth-order valence-corrected chi connectivity index (χ4v) is 7.97. The molecule has 0 unspecified atom stereocenters. The van der Waals surface area contributed by atoms with E-state index < -0.39 is 58.9 Å². The summed E-state index contributed by atoms with van der Waals surface area (Å²) in [5, 5.41) is 15.1. The SMILES string of the molecule is C.C.CC(C)Oc1ccc(C(=O)Oc2c(F)c(F)c(F)c(F)c2F)cc1Cl.CNC(=O)[C@@H]1[C@@H](c2ccccc2)CCN1C(=O)c1ccc(OC(C)C)c(Cl)c1.O=C(O)[C@H]1NCC[C@@H]1c1ccccc1. The Morgan fingerprint density at radius 3 is 1.61 bits per heavy atom. The molecule has 0 saturated carbocycles. The van der Waals surface area contributed by atoms with Gasteiger partial charge in [-0.05, 0) is 94.6 Å². The van der Waals surface area contributed by atoms with Crippen molar-refractivity contribution in [3.8, 4) is 17.2 Å². The summed E-state index contributed by atoms with van der Waals surface area (Å²) in [7, 11) is 1.60. The first-order chi connectivity index (χ1) is 31.8. The van der Waals surface area contributed by atoms with E-state index in [0.717, 1.165) is 42.6 Å². The van der Waals surface area contributed by atoms with E-state index in [1.807, 2.05) is 74.5 Å². The van der Waals surface area contributed by atoms with Crippen molar-refractivity contribution < 1.29 is 60.4 Å². The molecule has 0 aromatic heterocycles. The maximum Gasteiger partial charge on any atom is 0.343 e. The molecule has 5 aromatic carbocycles. The van der Waals surface area contributed by atoms with Gasteiger partial charge in [0.15, 0.2) is 0 Å². The standard InChI is InChI=1S/C22H25ClN2O3.C16H10ClF5O3.C11H13NO2.2CH4/c1-14(2)28-19-10-9-16(13-18(19)23)22(27)25-12-11-17(20(25)21(26)24-3)15-7-5-4-6-8-15;1-6(2)24-9-4-3-7(5-8(9)17)16(23)25-15-13(21)11(19)10(18)12(20)14(15)22;13-11(14)10-9(6-7-12-10)8-4-2-1-3-5-8;;/h4-10,13-14,17,20H,11-12H2,1-3H3,(H,24,26);3-6H,1-2H3;1-5,9-10,12H,6-7H2,(H,13,14);2*1H4/t17-,20+;;9-,10+;;/m1.1../s1. The number of benzene rings is 5. The molecule has 2 saturated heterocycles. The van der Waals surface area contributed by atoms with Crippen molar-refractivity contribution in [1.82, 2.24) is 15.5 Å². The lowest BCUT2D eigenvalue weighted by atomic mass is 9.91. The summed E-state index contributed by atoms with van der Waals surface area (Å²) < 4.78 is 81.5. The summed E-state index contributed by atoms with van der Waals surface area (Å²) in [4.78, 5) is 50.3. The van der Waals surface area contributed by atoms with E-state index in [0.29, 0.717) is 22.9 Å². The quantitative estimate of drug-likeness (QED) is 0.0387. The molecule has 2 aliphatic rings. The minimum atomic E-state index is -2.35. The van der Waals surface area contributed by atoms with Crippen LogP contribution < -0.4 is 24.8 Å². The van der Waals surface area contributed by atoms with Crippen molar-refractivity contribution in [2.45, 2.75) is 91.5 Å². The molecule has 0 bridgehead atoms. The number of carbonyl (C=O) groups is 4. The van der Waals surface area contributed by atoms with Gasteiger partial charge in [0.1, 0.15) is 23.6 Å². The van der Waals surface area contributed by atoms with E-state index in [1.165, 1.54) is 6.07 Å². The lowest BCUT2D eigenvalue weighted by molar-refractivity contribution is -0.139. The summed E-state index contributed by atoms with van der Waals surface area (Å²) in [5.74, 6) is -14.6. The zero-order valence-electron chi connectivity index (χ0n) is 36.9. The van der Waals surface area contributed by atoms with Crippen LogP contribution >= 0.6 is 23.2 Å². The summed E-state index contributed by atoms with van der Waals surface area (Å²) in [6, 6.07) is 27.3. The Kier molecular flexibility index (Phi) is 21.5. The van der Waals surface area contributed by atoms with E-state index in [1.54, 1.807) is 44.0 Å². The molecule has 2 fully saturated rings. The monoisotopic (exact) mass is 1000 g/mol. The summed E-state index contributed by atoms with van der Waals surface area (Å²) in [6.45, 7) is 8.60. The van der Waals surface area contributed by atoms with E-state index in [9.17, 15) is 41.1 Å². The predicted octanol–water partition coefficient (Wildman–Crippen LogP) is 11.4. The number of amides is 2. The van der Waals surface area contributed by atoms with Crippen LogP contribution in [0, 0.1) is 29.1 Å². The maximum atomic E-state index is 13.5. The molecule has 2 heterocycles. The van der Waals surface area contributed by atoms with Crippen molar-refractivity contribution in [1.29, 1.82) is 0 Å². The van der Waals surface area contributed by atoms with Gasteiger partial charge in [-0.1, -0.05) is 98.7 Å². The minimum absolute atomic E-state index is 0. The van der Waals surface area contributed by atoms with Gasteiger partial charge in [0.2, 0.25) is 40.7 Å². The second kappa shape index (κ2) is 25.9. The van der Waals surface area contributed by atoms with Crippen LogP contribution in [0.1, 0.15) is 99.1 Å². The third-order valence-electron chi connectivity index (χ3n) is 10.6. The van der Waals surface area contributed by atoms with Crippen LogP contribution in [-0.2, 0) is 9.59 Å². The van der Waals surface area contributed by atoms with Gasteiger partial charge in [-0.25, -0.2) is 18.0 Å². The molecule has 69 heavy (non-hydrogen) atoms. The van der Waals surface area contributed by atoms with E-state index >= 15 is 0 Å². The van der Waals surface area contributed by atoms with Gasteiger partial charge in [0.05, 0.1) is 27.8 Å². The number of likely N-dealkylation sites (tertiary alicyclic amines) is 1. The molecule has 2 aliphatic heterocycles. The number of carbonyl (C=O) groups excluding carboxylic acids is 3. The van der Waals surface area contributed by atoms with Crippen LogP contribution in [0.15, 0.2) is 97.1 Å². The number of likely N-dealkylation sites (N-methyl/N-ethyl adjacent to an activating group) is 1. The number of nitrogens with one attached hydrogen (secondary N) is 2. The summed E-state index contributed by atoms with van der Waals surface area (Å²) in [6.07, 6.45) is 1.42. The van der Waals surface area contributed by atoms with Crippen LogP contribution in [0.5, 0.6) is 17.2 Å². The van der Waals surface area contributed by atoms with Gasteiger partial charge in [-0.2, -0.15) is 8.78 Å². The molecule has 0 radical (unpaired) electrons. The number of aliphatic carboxylic acids is 1. The van der Waals surface area contributed by atoms with Gasteiger partial charge in [0, 0.05) is 31.0 Å². The highest BCUT2D eigenvalue weighted by Gasteiger charge is 2.42. The normalized spacial score (nSPS) is 17.0. The number of hydrogen-bond donors (Lipinski definition) is 3. The van der Waals surface area contributed by atoms with E-state index in [2.05, 4.69) is 15.4 Å². The summed E-state index contributed by atoms with van der Waals surface area (Å²) >= 11 is 12.2. The molecule has 11 nitrogen and oxygen atoms in total. The first-order valence-corrected chi connectivity index (χ1v) is 21.8. The van der Waals surface area contributed by atoms with Crippen LogP contribution in [0.2, 0.25) is 10.0 Å². The van der Waals surface area contributed by atoms with Gasteiger partial charge < -0.3 is 34.9 Å². The number of ether oxygens (including phenoxy) is 3. The van der Waals surface area contributed by atoms with Crippen molar-refractivity contribution >= 4 is 47.0 Å². The number of nitrogens with zero attached hydrogens (tertiary/aromatic N) is 1. The summed E-state index contributed by atoms with van der Waals surface area (Å²) in [5.41, 5.74) is 2.35. The van der Waals surface area contributed by atoms with Crippen LogP contribution in [0.25, 0.3) is 0 Å². The van der Waals surface area contributed by atoms with Gasteiger partial charge in [-0.15, -0.1) is 0 Å². The van der Waals surface area contributed by atoms with Gasteiger partial charge in [-0.3, -0.25) is 14.4 Å². The topological polar surface area (TPSA) is 144 Å². The first-order valence-electron chi connectivity index (χ1n) is 21.1. The minimum Gasteiger partial charge on any atom is -0.489 e. The zero-order chi connectivity index (χ0) is 49.1. The zero-order valence-corrected chi connectivity index (χ0v) is 38.4. The Morgan fingerprint density at radius 1 is 0.681 bits per heavy atom. The molecule has 3 N–H and O–H groups in total. The number of esters is 1. The molecule has 0 aliphatic carbocycles. The van der Waals surface area contributed by atoms with Crippen molar-refractivity contribution in [3.05, 3.63) is 158 Å². The lowest BCUT2D eigenvalue weighted by Crippen LogP contribution is -2.47. The average molecular weight is 1000 g/mol. The highest BCUT2D eigenvalue weighted by molar-refractivity contribution is 6.32. The lowest BCUT2D eigenvalue weighted by Gasteiger charge is -2.27. The van der Waals surface area contributed by atoms with Crippen LogP contribution in [-0.4, -0.2) is 78.2 Å². The Labute approximate surface area is 408 Å². The van der Waals surface area contributed by atoms with Gasteiger partial charge >= 0.3 is 11.9 Å². The smallest absolute Gasteiger partial charge is 0.343 e. The van der Waals surface area contributed by atoms with Crippen LogP contribution in [0.4, 0.5) is 22.0 Å². The molecule has 372 valence electrons. The molecule has 4 atom stereocenters. The van der Waals surface area contributed by atoms with Crippen LogP contribution in [0.3, 0.4) is 0 Å². The highest BCUT2D eigenvalue weighted by atomic mass is 35.5. The molecule has 0 spiro atoms. The van der Waals surface area contributed by atoms with Gasteiger partial charge in [0.25, 0.3) is 5.91 Å². The average Bonchev–Trinajstić information content (AvgIpc) is 4.00. The third-order valence-corrected chi connectivity index (χ3v) is 11.1. The number of carboxylic acid groups (broad SMARTS) is 1. The molecule has 18 heteroatoms. The fourth-order valence-electron chi connectivity index (χ4n) is 7.52. The van der Waals surface area contributed by atoms with E-state index in [4.69, 9.17) is 37.8 Å². The molecule has 7 rings (SSSR count). The third kappa shape index (κ3) is 14.2. The molecular formula is C51H56Cl2F5N3O8. The second-order valence-corrected chi connectivity index (χ2v) is 16.7. The number of hydrogen-bond acceptors (Lipinski definition) is 8. The predicted molar refractivity (Wildman–Crippen MR) is 255 cm³/mol. The molecular weight excluding hydrogens is 948 g/mol. The fraction of sp³-hybridized carbons (Fsp3) is 0.333. The highest BCUT2D eigenvalue weighted by Crippen LogP contribution is 2.36. The number of carboxylic acids is 1. The Morgan fingerprint density at radius 2 is 1.14 bits per heavy atom. The maximum absolute atomic E-state index is 13.5. The molecule has 5 aromatic rings. The Balaban J connectivity index is 0.000000283. The van der Waals surface area contributed by atoms with E-state index in [-0.39, 0.29) is 67.0 Å². The largest absolute Gasteiger partial charge is 0.489 e. The van der Waals surface area contributed by atoms with Crippen molar-refractivity contribution in [2.75, 3.05) is 20.1 Å². The first kappa shape index (κ1) is 57.1.